The van der Waals surface area contributed by atoms with Crippen LogP contribution in [0.2, 0.25) is 0 Å². The number of piperidine rings is 1. The van der Waals surface area contributed by atoms with Crippen LogP contribution >= 0.6 is 0 Å². The first-order chi connectivity index (χ1) is 28.1. The molecule has 2 aromatic carbocycles. The second-order valence-corrected chi connectivity index (χ2v) is 14.4. The summed E-state index contributed by atoms with van der Waals surface area (Å²) in [6, 6.07) is 10.2. The molecule has 3 aliphatic heterocycles. The number of fused-ring (bicyclic) bond motifs is 12. The van der Waals surface area contributed by atoms with Gasteiger partial charge in [-0.3, -0.25) is 9.59 Å². The SMILES string of the molecule is CC(C)(C)OC=O.COC(=O)C(NC(=O)c1ccc2cc1OCCOCCOCCOc1ccc(cc1)CNc1nc(nc(OCC(F)(F)F)n1)N2)C1CCCN(C)C1. The Labute approximate surface area is 340 Å². The lowest BCUT2D eigenvalue weighted by molar-refractivity contribution is -0.154. The van der Waals surface area contributed by atoms with Crippen molar-refractivity contribution in [2.45, 2.75) is 58.0 Å². The molecule has 2 atom stereocenters. The van der Waals surface area contributed by atoms with Crippen LogP contribution in [0.25, 0.3) is 0 Å². The number of aromatic nitrogens is 3. The van der Waals surface area contributed by atoms with E-state index in [1.807, 2.05) is 40.0 Å². The van der Waals surface area contributed by atoms with Gasteiger partial charge in [-0.15, -0.1) is 0 Å². The minimum Gasteiger partial charge on any atom is -0.491 e. The Balaban J connectivity index is 0.00000101. The third-order valence-corrected chi connectivity index (χ3v) is 8.47. The Bertz CT molecular complexity index is 1800. The number of carbonyl (C=O) groups is 3. The molecule has 3 N–H and O–H groups in total. The standard InChI is InChI=1S/C34H42F3N7O8.C5H10O2/c1-44-11-3-4-23(20-44)28(30(46)47-2)40-29(45)26-10-7-24-18-27(26)51-17-15-49-13-12-48-14-16-50-25-8-5-22(6-9-25)19-38-31-41-32(39-24)43-33(42-31)52-21-34(35,36)37;1-5(2,3)7-4-6/h5-10,18,23,28H,3-4,11-17,19-21H2,1-2H3,(H,40,45)(H2,38,39,41,42,43);4H,1-3H3. The number of nitrogens with zero attached hydrogens (tertiary/aromatic N) is 4. The van der Waals surface area contributed by atoms with Crippen molar-refractivity contribution in [2.24, 2.45) is 5.92 Å². The lowest BCUT2D eigenvalue weighted by Gasteiger charge is -2.34. The third kappa shape index (κ3) is 16.7. The first-order valence-corrected chi connectivity index (χ1v) is 18.9. The Hall–Kier alpha value is -5.47. The van der Waals surface area contributed by atoms with E-state index < -0.39 is 36.7 Å². The number of anilines is 3. The van der Waals surface area contributed by atoms with Gasteiger partial charge >= 0.3 is 18.2 Å². The number of methoxy groups -OCH3 is 1. The largest absolute Gasteiger partial charge is 0.491 e. The summed E-state index contributed by atoms with van der Waals surface area (Å²) in [6.45, 7) is 7.49. The number of hydrogen-bond donors (Lipinski definition) is 3. The smallest absolute Gasteiger partial charge is 0.422 e. The van der Waals surface area contributed by atoms with Gasteiger partial charge < -0.3 is 54.0 Å². The molecule has 2 unspecified atom stereocenters. The normalized spacial score (nSPS) is 17.5. The van der Waals surface area contributed by atoms with E-state index in [9.17, 15) is 27.6 Å². The van der Waals surface area contributed by atoms with E-state index in [-0.39, 0.29) is 61.1 Å². The number of halogens is 3. The molecule has 59 heavy (non-hydrogen) atoms. The number of benzene rings is 2. The van der Waals surface area contributed by atoms with Gasteiger partial charge in [0.2, 0.25) is 11.9 Å². The lowest BCUT2D eigenvalue weighted by Crippen LogP contribution is -2.51. The van der Waals surface area contributed by atoms with Crippen molar-refractivity contribution in [2.75, 3.05) is 84.1 Å². The van der Waals surface area contributed by atoms with E-state index in [0.717, 1.165) is 24.9 Å². The van der Waals surface area contributed by atoms with Crippen molar-refractivity contribution >= 4 is 35.9 Å². The number of rotatable bonds is 7. The molecule has 1 amide bonds. The summed E-state index contributed by atoms with van der Waals surface area (Å²) >= 11 is 0. The molecule has 1 saturated heterocycles. The number of ether oxygens (including phenoxy) is 7. The van der Waals surface area contributed by atoms with Gasteiger partial charge in [0.1, 0.15) is 36.4 Å². The highest BCUT2D eigenvalue weighted by Crippen LogP contribution is 2.28. The van der Waals surface area contributed by atoms with Crippen LogP contribution in [0.5, 0.6) is 17.5 Å². The second kappa shape index (κ2) is 22.6. The Morgan fingerprint density at radius 1 is 0.966 bits per heavy atom. The zero-order chi connectivity index (χ0) is 42.8. The van der Waals surface area contributed by atoms with E-state index in [1.165, 1.54) is 25.3 Å². The fourth-order valence-electron chi connectivity index (χ4n) is 5.71. The van der Waals surface area contributed by atoms with E-state index in [4.69, 9.17) is 28.4 Å². The fraction of sp³-hybridized carbons (Fsp3) is 0.538. The monoisotopic (exact) mass is 835 g/mol. The summed E-state index contributed by atoms with van der Waals surface area (Å²) < 4.78 is 76.4. The molecule has 17 nitrogen and oxygen atoms in total. The van der Waals surface area contributed by atoms with Gasteiger partial charge in [0.25, 0.3) is 12.4 Å². The number of likely N-dealkylation sites (tertiary alicyclic amines) is 1. The van der Waals surface area contributed by atoms with Gasteiger partial charge in [0.05, 0.1) is 39.1 Å². The maximum atomic E-state index is 13.7. The summed E-state index contributed by atoms with van der Waals surface area (Å²) in [4.78, 5) is 50.6. The van der Waals surface area contributed by atoms with Gasteiger partial charge in [0.15, 0.2) is 6.61 Å². The summed E-state index contributed by atoms with van der Waals surface area (Å²) in [5.41, 5.74) is 0.942. The predicted octanol–water partition coefficient (Wildman–Crippen LogP) is 4.54. The zero-order valence-electron chi connectivity index (χ0n) is 33.8. The van der Waals surface area contributed by atoms with Gasteiger partial charge in [-0.1, -0.05) is 12.1 Å². The number of hydrogen-bond acceptors (Lipinski definition) is 16. The molecule has 0 radical (unpaired) electrons. The van der Waals surface area contributed by atoms with Crippen LogP contribution < -0.4 is 30.2 Å². The maximum Gasteiger partial charge on any atom is 0.422 e. The molecule has 1 fully saturated rings. The van der Waals surface area contributed by atoms with Crippen LogP contribution in [0.15, 0.2) is 42.5 Å². The van der Waals surface area contributed by atoms with Crippen LogP contribution in [0, 0.1) is 5.92 Å². The summed E-state index contributed by atoms with van der Waals surface area (Å²) in [6.07, 6.45) is -3.04. The number of alkyl halides is 3. The highest BCUT2D eigenvalue weighted by molar-refractivity contribution is 5.99. The minimum atomic E-state index is -4.63. The first-order valence-electron chi connectivity index (χ1n) is 18.9. The zero-order valence-corrected chi connectivity index (χ0v) is 33.8. The molecule has 324 valence electrons. The quantitative estimate of drug-likeness (QED) is 0.170. The van der Waals surface area contributed by atoms with Crippen LogP contribution in [-0.2, 0) is 35.1 Å². The highest BCUT2D eigenvalue weighted by Gasteiger charge is 2.34. The molecule has 4 heterocycles. The van der Waals surface area contributed by atoms with E-state index in [1.54, 1.807) is 12.1 Å². The molecule has 0 spiro atoms. The number of amides is 1. The molecule has 1 aromatic heterocycles. The lowest BCUT2D eigenvalue weighted by atomic mass is 9.90. The number of nitrogens with one attached hydrogen (secondary N) is 3. The second-order valence-electron chi connectivity index (χ2n) is 14.4. The summed E-state index contributed by atoms with van der Waals surface area (Å²) in [5.74, 6) is -0.731. The number of carbonyl (C=O) groups excluding carboxylic acids is 3. The molecular weight excluding hydrogens is 783 g/mol. The van der Waals surface area contributed by atoms with Gasteiger partial charge in [0, 0.05) is 30.8 Å². The summed E-state index contributed by atoms with van der Waals surface area (Å²) in [7, 11) is 3.23. The molecule has 6 bridgehead atoms. The van der Waals surface area contributed by atoms with E-state index >= 15 is 0 Å². The molecule has 6 rings (SSSR count). The topological polar surface area (TPSA) is 194 Å². The van der Waals surface area contributed by atoms with Gasteiger partial charge in [-0.2, -0.15) is 28.1 Å². The Kier molecular flexibility index (Phi) is 17.7. The minimum absolute atomic E-state index is 0.0474. The van der Waals surface area contributed by atoms with Crippen LogP contribution in [-0.4, -0.2) is 130 Å². The maximum absolute atomic E-state index is 13.7. The van der Waals surface area contributed by atoms with Crippen molar-refractivity contribution < 1.29 is 60.7 Å². The average molecular weight is 836 g/mol. The van der Waals surface area contributed by atoms with Crippen LogP contribution in [0.3, 0.4) is 0 Å². The van der Waals surface area contributed by atoms with E-state index in [2.05, 4.69) is 40.5 Å². The van der Waals surface area contributed by atoms with Crippen LogP contribution in [0.1, 0.15) is 49.5 Å². The van der Waals surface area contributed by atoms with Crippen LogP contribution in [0.4, 0.5) is 30.8 Å². The molecular formula is C39H52F3N7O10. The van der Waals surface area contributed by atoms with Crippen molar-refractivity contribution in [1.82, 2.24) is 25.2 Å². The number of esters is 1. The third-order valence-electron chi connectivity index (χ3n) is 8.47. The fourth-order valence-corrected chi connectivity index (χ4v) is 5.71. The van der Waals surface area contributed by atoms with Crippen molar-refractivity contribution in [3.8, 4) is 17.5 Å². The molecule has 0 aliphatic carbocycles. The van der Waals surface area contributed by atoms with Gasteiger partial charge in [-0.25, -0.2) is 4.79 Å². The Morgan fingerprint density at radius 2 is 1.64 bits per heavy atom. The van der Waals surface area contributed by atoms with Crippen molar-refractivity contribution in [1.29, 1.82) is 0 Å². The van der Waals surface area contributed by atoms with Gasteiger partial charge in [-0.05, 0) is 77.0 Å². The molecule has 0 saturated carbocycles. The van der Waals surface area contributed by atoms with Crippen molar-refractivity contribution in [3.05, 3.63) is 53.6 Å². The highest BCUT2D eigenvalue weighted by atomic mass is 19.4. The average Bonchev–Trinajstić information content (AvgIpc) is 3.18. The predicted molar refractivity (Wildman–Crippen MR) is 208 cm³/mol. The van der Waals surface area contributed by atoms with Crippen molar-refractivity contribution in [3.63, 3.8) is 0 Å². The Morgan fingerprint density at radius 3 is 2.27 bits per heavy atom. The molecule has 3 aromatic rings. The molecule has 20 heteroatoms. The summed E-state index contributed by atoms with van der Waals surface area (Å²) in [5, 5.41) is 8.75. The first kappa shape index (κ1) is 46.2. The van der Waals surface area contributed by atoms with E-state index in [0.29, 0.717) is 44.3 Å². The molecule has 3 aliphatic rings.